The van der Waals surface area contributed by atoms with E-state index in [1.54, 1.807) is 0 Å². The Bertz CT molecular complexity index is 424. The molecule has 2 heteroatoms. The number of rotatable bonds is 9. The van der Waals surface area contributed by atoms with E-state index in [1.165, 1.54) is 12.0 Å². The molecule has 0 spiro atoms. The van der Waals surface area contributed by atoms with Crippen molar-refractivity contribution < 1.29 is 9.47 Å². The maximum absolute atomic E-state index is 5.72. The van der Waals surface area contributed by atoms with Gasteiger partial charge in [-0.3, -0.25) is 0 Å². The molecule has 2 nitrogen and oxygen atoms in total. The molecule has 0 bridgehead atoms. The molecule has 1 aromatic carbocycles. The standard InChI is InChI=1S/C20H32O2/c1-17(2)21-15-9-7-6-8-10-16-22-19-13-11-18(12-14-19)20(3,4)5/h8,10-14,17H,6-7,9,15-16H2,1-5H3/b10-8+. The summed E-state index contributed by atoms with van der Waals surface area (Å²) in [5.41, 5.74) is 1.52. The summed E-state index contributed by atoms with van der Waals surface area (Å²) in [6, 6.07) is 8.40. The number of hydrogen-bond acceptors (Lipinski definition) is 2. The van der Waals surface area contributed by atoms with Crippen molar-refractivity contribution in [3.63, 3.8) is 0 Å². The first-order valence-electron chi connectivity index (χ1n) is 8.39. The fourth-order valence-corrected chi connectivity index (χ4v) is 2.06. The summed E-state index contributed by atoms with van der Waals surface area (Å²) in [6.07, 6.45) is 8.02. The van der Waals surface area contributed by atoms with Gasteiger partial charge in [-0.2, -0.15) is 0 Å². The third kappa shape index (κ3) is 8.23. The molecular weight excluding hydrogens is 272 g/mol. The zero-order valence-electron chi connectivity index (χ0n) is 14.9. The van der Waals surface area contributed by atoms with Gasteiger partial charge in [-0.1, -0.05) is 45.1 Å². The third-order valence-electron chi connectivity index (χ3n) is 3.45. The van der Waals surface area contributed by atoms with E-state index in [0.29, 0.717) is 12.7 Å². The Labute approximate surface area is 136 Å². The molecule has 0 radical (unpaired) electrons. The first kappa shape index (κ1) is 18.8. The van der Waals surface area contributed by atoms with Crippen LogP contribution in [-0.2, 0) is 10.2 Å². The lowest BCUT2D eigenvalue weighted by Gasteiger charge is -2.19. The van der Waals surface area contributed by atoms with Crippen LogP contribution in [0.25, 0.3) is 0 Å². The Balaban J connectivity index is 2.15. The average Bonchev–Trinajstić information content (AvgIpc) is 2.45. The zero-order valence-corrected chi connectivity index (χ0v) is 14.9. The van der Waals surface area contributed by atoms with Crippen molar-refractivity contribution in [3.05, 3.63) is 42.0 Å². The van der Waals surface area contributed by atoms with Gasteiger partial charge < -0.3 is 9.47 Å². The number of benzene rings is 1. The molecule has 0 saturated carbocycles. The predicted octanol–water partition coefficient (Wildman–Crippen LogP) is 5.51. The van der Waals surface area contributed by atoms with Gasteiger partial charge in [0.15, 0.2) is 0 Å². The normalized spacial score (nSPS) is 12.3. The molecule has 1 aromatic rings. The van der Waals surface area contributed by atoms with E-state index in [2.05, 4.69) is 71.0 Å². The van der Waals surface area contributed by atoms with Crippen LogP contribution in [-0.4, -0.2) is 19.3 Å². The molecule has 0 aliphatic carbocycles. The molecule has 0 aliphatic rings. The highest BCUT2D eigenvalue weighted by Crippen LogP contribution is 2.24. The van der Waals surface area contributed by atoms with Gasteiger partial charge >= 0.3 is 0 Å². The number of ether oxygens (including phenoxy) is 2. The molecular formula is C20H32O2. The minimum atomic E-state index is 0.192. The summed E-state index contributed by atoms with van der Waals surface area (Å²) in [7, 11) is 0. The monoisotopic (exact) mass is 304 g/mol. The summed E-state index contributed by atoms with van der Waals surface area (Å²) < 4.78 is 11.2. The van der Waals surface area contributed by atoms with Crippen molar-refractivity contribution in [2.24, 2.45) is 0 Å². The predicted molar refractivity (Wildman–Crippen MR) is 94.7 cm³/mol. The van der Waals surface area contributed by atoms with E-state index in [1.807, 2.05) is 0 Å². The van der Waals surface area contributed by atoms with Crippen LogP contribution in [0.2, 0.25) is 0 Å². The largest absolute Gasteiger partial charge is 0.490 e. The fourth-order valence-electron chi connectivity index (χ4n) is 2.06. The lowest BCUT2D eigenvalue weighted by Crippen LogP contribution is -2.10. The molecule has 0 atom stereocenters. The van der Waals surface area contributed by atoms with E-state index in [9.17, 15) is 0 Å². The fraction of sp³-hybridized carbons (Fsp3) is 0.600. The minimum absolute atomic E-state index is 0.192. The van der Waals surface area contributed by atoms with Gasteiger partial charge in [0.05, 0.1) is 6.10 Å². The van der Waals surface area contributed by atoms with E-state index >= 15 is 0 Å². The molecule has 0 heterocycles. The Kier molecular flexibility index (Phi) is 8.26. The maximum Gasteiger partial charge on any atom is 0.119 e. The number of allylic oxidation sites excluding steroid dienone is 1. The van der Waals surface area contributed by atoms with Crippen LogP contribution in [0.4, 0.5) is 0 Å². The molecule has 0 aliphatic heterocycles. The van der Waals surface area contributed by atoms with E-state index in [-0.39, 0.29) is 5.41 Å². The average molecular weight is 304 g/mol. The third-order valence-corrected chi connectivity index (χ3v) is 3.45. The van der Waals surface area contributed by atoms with Crippen LogP contribution in [0.1, 0.15) is 59.4 Å². The smallest absolute Gasteiger partial charge is 0.119 e. The molecule has 0 fully saturated rings. The van der Waals surface area contributed by atoms with Crippen molar-refractivity contribution in [3.8, 4) is 5.75 Å². The van der Waals surface area contributed by atoms with Crippen LogP contribution < -0.4 is 4.74 Å². The second kappa shape index (κ2) is 9.68. The van der Waals surface area contributed by atoms with E-state index in [4.69, 9.17) is 9.47 Å². The van der Waals surface area contributed by atoms with E-state index < -0.39 is 0 Å². The lowest BCUT2D eigenvalue weighted by atomic mass is 9.87. The van der Waals surface area contributed by atoms with Crippen LogP contribution in [0.3, 0.4) is 0 Å². The molecule has 124 valence electrons. The number of hydrogen-bond donors (Lipinski definition) is 0. The van der Waals surface area contributed by atoms with Gasteiger partial charge in [-0.15, -0.1) is 0 Å². The highest BCUT2D eigenvalue weighted by atomic mass is 16.5. The molecule has 1 rings (SSSR count). The van der Waals surface area contributed by atoms with Crippen molar-refractivity contribution in [2.75, 3.05) is 13.2 Å². The first-order valence-corrected chi connectivity index (χ1v) is 8.39. The first-order chi connectivity index (χ1) is 10.4. The summed E-state index contributed by atoms with van der Waals surface area (Å²) >= 11 is 0. The second-order valence-corrected chi connectivity index (χ2v) is 6.97. The Morgan fingerprint density at radius 3 is 2.27 bits per heavy atom. The summed E-state index contributed by atoms with van der Waals surface area (Å²) in [4.78, 5) is 0. The van der Waals surface area contributed by atoms with E-state index in [0.717, 1.165) is 25.2 Å². The molecule has 0 unspecified atom stereocenters. The minimum Gasteiger partial charge on any atom is -0.490 e. The zero-order chi connectivity index (χ0) is 16.4. The van der Waals surface area contributed by atoms with Gasteiger partial charge in [0, 0.05) is 6.61 Å². The number of unbranched alkanes of at least 4 members (excludes halogenated alkanes) is 2. The highest BCUT2D eigenvalue weighted by molar-refractivity contribution is 5.31. The topological polar surface area (TPSA) is 18.5 Å². The van der Waals surface area contributed by atoms with Crippen LogP contribution in [0.15, 0.2) is 36.4 Å². The highest BCUT2D eigenvalue weighted by Gasteiger charge is 2.12. The van der Waals surface area contributed by atoms with Gasteiger partial charge in [0.1, 0.15) is 12.4 Å². The second-order valence-electron chi connectivity index (χ2n) is 6.97. The molecule has 0 aromatic heterocycles. The quantitative estimate of drug-likeness (QED) is 0.442. The van der Waals surface area contributed by atoms with Crippen molar-refractivity contribution in [1.29, 1.82) is 0 Å². The Hall–Kier alpha value is -1.28. The SMILES string of the molecule is CC(C)OCCCC/C=C/COc1ccc(C(C)(C)C)cc1. The van der Waals surface area contributed by atoms with Gasteiger partial charge in [0.2, 0.25) is 0 Å². The van der Waals surface area contributed by atoms with Crippen molar-refractivity contribution >= 4 is 0 Å². The Morgan fingerprint density at radius 2 is 1.68 bits per heavy atom. The molecule has 0 N–H and O–H groups in total. The van der Waals surface area contributed by atoms with Gasteiger partial charge in [-0.25, -0.2) is 0 Å². The van der Waals surface area contributed by atoms with Crippen LogP contribution in [0.5, 0.6) is 5.75 Å². The molecule has 0 amide bonds. The van der Waals surface area contributed by atoms with Gasteiger partial charge in [-0.05, 0) is 56.2 Å². The summed E-state index contributed by atoms with van der Waals surface area (Å²) in [5.74, 6) is 0.933. The Morgan fingerprint density at radius 1 is 1.00 bits per heavy atom. The molecule has 0 saturated heterocycles. The molecule has 22 heavy (non-hydrogen) atoms. The van der Waals surface area contributed by atoms with Gasteiger partial charge in [0.25, 0.3) is 0 Å². The van der Waals surface area contributed by atoms with Crippen molar-refractivity contribution in [1.82, 2.24) is 0 Å². The summed E-state index contributed by atoms with van der Waals surface area (Å²) in [5, 5.41) is 0. The maximum atomic E-state index is 5.72. The van der Waals surface area contributed by atoms with Crippen LogP contribution >= 0.6 is 0 Å². The van der Waals surface area contributed by atoms with Crippen molar-refractivity contribution in [2.45, 2.75) is 65.4 Å². The lowest BCUT2D eigenvalue weighted by molar-refractivity contribution is 0.0762. The van der Waals surface area contributed by atoms with Crippen LogP contribution in [0, 0.1) is 0 Å². The summed E-state index contributed by atoms with van der Waals surface area (Å²) in [6.45, 7) is 12.3.